The normalized spacial score (nSPS) is 35.7. The molecule has 5 heteroatoms. The lowest BCUT2D eigenvalue weighted by atomic mass is 9.82. The Hall–Kier alpha value is -1.43. The van der Waals surface area contributed by atoms with Gasteiger partial charge < -0.3 is 20.1 Å². The van der Waals surface area contributed by atoms with Crippen LogP contribution in [0.2, 0.25) is 0 Å². The van der Waals surface area contributed by atoms with Crippen molar-refractivity contribution in [2.45, 2.75) is 55.7 Å². The third-order valence-corrected chi connectivity index (χ3v) is 6.05. The maximum atomic E-state index is 11.7. The Kier molecular flexibility index (Phi) is 5.06. The van der Waals surface area contributed by atoms with Gasteiger partial charge in [0.05, 0.1) is 30.9 Å². The maximum absolute atomic E-state index is 11.7. The third-order valence-electron chi connectivity index (χ3n) is 6.05. The zero-order valence-electron chi connectivity index (χ0n) is 14.7. The molecule has 1 saturated carbocycles. The van der Waals surface area contributed by atoms with Crippen molar-refractivity contribution in [1.29, 1.82) is 0 Å². The Morgan fingerprint density at radius 1 is 1.16 bits per heavy atom. The van der Waals surface area contributed by atoms with Gasteiger partial charge in [0.1, 0.15) is 6.61 Å². The van der Waals surface area contributed by atoms with Crippen molar-refractivity contribution in [3.8, 4) is 0 Å². The first-order valence-electron chi connectivity index (χ1n) is 9.54. The highest BCUT2D eigenvalue weighted by atomic mass is 16.5. The van der Waals surface area contributed by atoms with E-state index in [4.69, 9.17) is 9.47 Å². The van der Waals surface area contributed by atoms with Crippen LogP contribution in [0.3, 0.4) is 0 Å². The van der Waals surface area contributed by atoms with Crippen LogP contribution in [0.15, 0.2) is 30.3 Å². The van der Waals surface area contributed by atoms with E-state index >= 15 is 0 Å². The molecule has 2 aliphatic heterocycles. The van der Waals surface area contributed by atoms with Gasteiger partial charge in [0.25, 0.3) is 0 Å². The first-order valence-corrected chi connectivity index (χ1v) is 9.54. The summed E-state index contributed by atoms with van der Waals surface area (Å²) in [6.07, 6.45) is 5.85. The van der Waals surface area contributed by atoms with E-state index in [1.165, 1.54) is 18.4 Å². The summed E-state index contributed by atoms with van der Waals surface area (Å²) in [7, 11) is 0. The molecule has 136 valence electrons. The van der Waals surface area contributed by atoms with Gasteiger partial charge in [-0.2, -0.15) is 0 Å². The van der Waals surface area contributed by atoms with Gasteiger partial charge in [-0.05, 0) is 50.1 Å². The summed E-state index contributed by atoms with van der Waals surface area (Å²) in [5, 5.41) is 6.64. The lowest BCUT2D eigenvalue weighted by molar-refractivity contribution is -0.136. The number of amides is 1. The predicted molar refractivity (Wildman–Crippen MR) is 95.5 cm³/mol. The fourth-order valence-electron chi connectivity index (χ4n) is 4.58. The summed E-state index contributed by atoms with van der Waals surface area (Å²) in [5.74, 6) is 0.659. The molecule has 1 aromatic carbocycles. The quantitative estimate of drug-likeness (QED) is 0.877. The minimum atomic E-state index is -0.281. The van der Waals surface area contributed by atoms with Crippen molar-refractivity contribution in [2.24, 2.45) is 0 Å². The van der Waals surface area contributed by atoms with Gasteiger partial charge in [-0.15, -0.1) is 0 Å². The number of carbonyl (C=O) groups excluding carboxylic acids is 1. The Morgan fingerprint density at radius 2 is 1.96 bits per heavy atom. The predicted octanol–water partition coefficient (Wildman–Crippen LogP) is 1.98. The number of morpholine rings is 1. The molecule has 2 N–H and O–H groups in total. The van der Waals surface area contributed by atoms with Crippen LogP contribution in [0.1, 0.15) is 43.6 Å². The minimum Gasteiger partial charge on any atom is -0.377 e. The molecular formula is C20H28N2O3. The van der Waals surface area contributed by atoms with Gasteiger partial charge in [-0.1, -0.05) is 30.3 Å². The number of carbonyl (C=O) groups is 1. The molecule has 0 bridgehead atoms. The van der Waals surface area contributed by atoms with Gasteiger partial charge in [-0.3, -0.25) is 4.79 Å². The summed E-state index contributed by atoms with van der Waals surface area (Å²) < 4.78 is 11.7. The van der Waals surface area contributed by atoms with E-state index < -0.39 is 0 Å². The molecule has 2 saturated heterocycles. The summed E-state index contributed by atoms with van der Waals surface area (Å²) in [4.78, 5) is 11.7. The summed E-state index contributed by atoms with van der Waals surface area (Å²) in [5.41, 5.74) is 1.18. The van der Waals surface area contributed by atoms with Crippen LogP contribution in [-0.4, -0.2) is 50.0 Å². The van der Waals surface area contributed by atoms with Crippen molar-refractivity contribution in [1.82, 2.24) is 10.6 Å². The Balaban J connectivity index is 1.27. The van der Waals surface area contributed by atoms with Crippen molar-refractivity contribution < 1.29 is 14.3 Å². The second-order valence-electron chi connectivity index (χ2n) is 7.67. The highest BCUT2D eigenvalue weighted by molar-refractivity contribution is 5.79. The molecule has 5 nitrogen and oxygen atoms in total. The Bertz CT molecular complexity index is 586. The molecule has 2 atom stereocenters. The highest BCUT2D eigenvalue weighted by Crippen LogP contribution is 2.34. The molecule has 0 radical (unpaired) electrons. The van der Waals surface area contributed by atoms with E-state index in [1.807, 2.05) is 0 Å². The smallest absolute Gasteiger partial charge is 0.246 e. The number of ether oxygens (including phenoxy) is 2. The molecule has 1 amide bonds. The number of nitrogens with one attached hydrogen (secondary N) is 2. The van der Waals surface area contributed by atoms with Gasteiger partial charge in [0, 0.05) is 0 Å². The van der Waals surface area contributed by atoms with Crippen molar-refractivity contribution in [3.63, 3.8) is 0 Å². The number of rotatable bonds is 4. The molecular weight excluding hydrogens is 316 g/mol. The number of hydrogen-bond acceptors (Lipinski definition) is 4. The van der Waals surface area contributed by atoms with Crippen molar-refractivity contribution in [3.05, 3.63) is 35.9 Å². The first kappa shape index (κ1) is 17.0. The summed E-state index contributed by atoms with van der Waals surface area (Å²) >= 11 is 0. The Labute approximate surface area is 149 Å². The lowest BCUT2D eigenvalue weighted by Crippen LogP contribution is -2.64. The van der Waals surface area contributed by atoms with E-state index in [-0.39, 0.29) is 24.1 Å². The Morgan fingerprint density at radius 3 is 2.72 bits per heavy atom. The molecule has 3 fully saturated rings. The minimum absolute atomic E-state index is 0.0108. The summed E-state index contributed by atoms with van der Waals surface area (Å²) in [6, 6.07) is 11.0. The van der Waals surface area contributed by atoms with E-state index in [0.717, 1.165) is 25.8 Å². The van der Waals surface area contributed by atoms with E-state index in [2.05, 4.69) is 41.0 Å². The lowest BCUT2D eigenvalue weighted by Gasteiger charge is -2.39. The standard InChI is InChI=1S/C20H28N2O3/c23-19-13-24-14-20(22-19)10-11-21-18(20)12-25-17-8-6-16(7-9-17)15-4-2-1-3-5-15/h1-5,16-18,21H,6-14H2,(H,22,23). The molecule has 0 aromatic heterocycles. The van der Waals surface area contributed by atoms with Crippen LogP contribution in [0.5, 0.6) is 0 Å². The molecule has 2 heterocycles. The van der Waals surface area contributed by atoms with Gasteiger partial charge in [-0.25, -0.2) is 0 Å². The van der Waals surface area contributed by atoms with Crippen LogP contribution in [0, 0.1) is 0 Å². The van der Waals surface area contributed by atoms with Crippen LogP contribution in [0.25, 0.3) is 0 Å². The average molecular weight is 344 g/mol. The second-order valence-corrected chi connectivity index (χ2v) is 7.67. The molecule has 2 unspecified atom stereocenters. The van der Waals surface area contributed by atoms with Crippen LogP contribution in [0.4, 0.5) is 0 Å². The zero-order chi connectivity index (χ0) is 17.1. The average Bonchev–Trinajstić information content (AvgIpc) is 3.02. The topological polar surface area (TPSA) is 59.6 Å². The fraction of sp³-hybridized carbons (Fsp3) is 0.650. The van der Waals surface area contributed by atoms with Gasteiger partial charge in [0.15, 0.2) is 0 Å². The summed E-state index contributed by atoms with van der Waals surface area (Å²) in [6.45, 7) is 2.31. The molecule has 3 aliphatic rings. The van der Waals surface area contributed by atoms with Crippen molar-refractivity contribution in [2.75, 3.05) is 26.4 Å². The van der Waals surface area contributed by atoms with Crippen molar-refractivity contribution >= 4 is 5.91 Å². The number of benzene rings is 1. The monoisotopic (exact) mass is 344 g/mol. The zero-order valence-corrected chi connectivity index (χ0v) is 14.7. The largest absolute Gasteiger partial charge is 0.377 e. The first-order chi connectivity index (χ1) is 12.3. The second kappa shape index (κ2) is 7.44. The molecule has 1 spiro atoms. The maximum Gasteiger partial charge on any atom is 0.246 e. The third kappa shape index (κ3) is 3.73. The van der Waals surface area contributed by atoms with Crippen LogP contribution >= 0.6 is 0 Å². The molecule has 25 heavy (non-hydrogen) atoms. The van der Waals surface area contributed by atoms with E-state index in [9.17, 15) is 4.79 Å². The molecule has 1 aliphatic carbocycles. The van der Waals surface area contributed by atoms with Crippen LogP contribution < -0.4 is 10.6 Å². The van der Waals surface area contributed by atoms with Gasteiger partial charge >= 0.3 is 0 Å². The van der Waals surface area contributed by atoms with E-state index in [1.54, 1.807) is 0 Å². The highest BCUT2D eigenvalue weighted by Gasteiger charge is 2.46. The van der Waals surface area contributed by atoms with Crippen LogP contribution in [-0.2, 0) is 14.3 Å². The SMILES string of the molecule is O=C1COCC2(CCNC2COC2CCC(c3ccccc3)CC2)N1. The molecule has 1 aromatic rings. The molecule has 4 rings (SSSR count). The van der Waals surface area contributed by atoms with E-state index in [0.29, 0.717) is 25.2 Å². The number of hydrogen-bond donors (Lipinski definition) is 2. The van der Waals surface area contributed by atoms with Gasteiger partial charge in [0.2, 0.25) is 5.91 Å². The fourth-order valence-corrected chi connectivity index (χ4v) is 4.58.